The third kappa shape index (κ3) is 1.27. The number of aryl methyl sites for hydroxylation is 1. The fourth-order valence-electron chi connectivity index (χ4n) is 1.49. The lowest BCUT2D eigenvalue weighted by Crippen LogP contribution is -1.96. The number of aromatic amines is 1. The van der Waals surface area contributed by atoms with E-state index in [0.717, 1.165) is 22.2 Å². The predicted octanol–water partition coefficient (Wildman–Crippen LogP) is 1.80. The van der Waals surface area contributed by atoms with Gasteiger partial charge in [-0.25, -0.2) is 0 Å². The summed E-state index contributed by atoms with van der Waals surface area (Å²) >= 11 is 0. The summed E-state index contributed by atoms with van der Waals surface area (Å²) in [7, 11) is 0. The monoisotopic (exact) mass is 177 g/mol. The SMILES string of the molecule is Cc1c(OCO)ccc2[nH]ccc12. The first-order chi connectivity index (χ1) is 6.33. The molecule has 13 heavy (non-hydrogen) atoms. The van der Waals surface area contributed by atoms with Crippen LogP contribution in [0.25, 0.3) is 10.9 Å². The molecule has 0 atom stereocenters. The normalized spacial score (nSPS) is 10.6. The molecule has 1 aromatic heterocycles. The van der Waals surface area contributed by atoms with E-state index in [-0.39, 0.29) is 6.79 Å². The smallest absolute Gasteiger partial charge is 0.186 e. The van der Waals surface area contributed by atoms with E-state index in [1.807, 2.05) is 31.3 Å². The summed E-state index contributed by atoms with van der Waals surface area (Å²) in [5.41, 5.74) is 2.13. The Bertz CT molecular complexity index is 420. The Morgan fingerprint density at radius 3 is 3.00 bits per heavy atom. The molecule has 2 N–H and O–H groups in total. The summed E-state index contributed by atoms with van der Waals surface area (Å²) in [4.78, 5) is 3.11. The molecule has 1 heterocycles. The van der Waals surface area contributed by atoms with Crippen LogP contribution in [0.1, 0.15) is 5.56 Å². The van der Waals surface area contributed by atoms with E-state index in [1.165, 1.54) is 0 Å². The Kier molecular flexibility index (Phi) is 1.94. The van der Waals surface area contributed by atoms with Crippen LogP contribution in [0.15, 0.2) is 24.4 Å². The van der Waals surface area contributed by atoms with Crippen molar-refractivity contribution >= 4 is 10.9 Å². The Hall–Kier alpha value is -1.48. The van der Waals surface area contributed by atoms with Crippen LogP contribution < -0.4 is 4.74 Å². The standard InChI is InChI=1S/C10H11NO2/c1-7-8-4-5-11-9(8)2-3-10(7)13-6-12/h2-5,11-12H,6H2,1H3. The van der Waals surface area contributed by atoms with E-state index in [2.05, 4.69) is 4.98 Å². The van der Waals surface area contributed by atoms with Gasteiger partial charge in [-0.3, -0.25) is 0 Å². The molecule has 0 unspecified atom stereocenters. The molecule has 0 saturated heterocycles. The maximum atomic E-state index is 8.64. The van der Waals surface area contributed by atoms with Crippen molar-refractivity contribution in [3.8, 4) is 5.75 Å². The largest absolute Gasteiger partial charge is 0.467 e. The second-order valence-corrected chi connectivity index (χ2v) is 2.90. The minimum atomic E-state index is -0.281. The topological polar surface area (TPSA) is 45.2 Å². The second-order valence-electron chi connectivity index (χ2n) is 2.90. The minimum absolute atomic E-state index is 0.281. The summed E-state index contributed by atoms with van der Waals surface area (Å²) in [6, 6.07) is 5.78. The molecule has 0 aliphatic carbocycles. The van der Waals surface area contributed by atoms with Crippen LogP contribution in [0.5, 0.6) is 5.75 Å². The van der Waals surface area contributed by atoms with Crippen LogP contribution in [0, 0.1) is 6.92 Å². The highest BCUT2D eigenvalue weighted by Gasteiger charge is 2.03. The van der Waals surface area contributed by atoms with Gasteiger partial charge in [0, 0.05) is 22.7 Å². The van der Waals surface area contributed by atoms with Gasteiger partial charge in [0.25, 0.3) is 0 Å². The van der Waals surface area contributed by atoms with E-state index >= 15 is 0 Å². The number of rotatable bonds is 2. The van der Waals surface area contributed by atoms with Gasteiger partial charge in [-0.15, -0.1) is 0 Å². The Balaban J connectivity index is 2.59. The molecule has 0 aliphatic rings. The van der Waals surface area contributed by atoms with Crippen LogP contribution >= 0.6 is 0 Å². The van der Waals surface area contributed by atoms with Crippen molar-refractivity contribution in [3.05, 3.63) is 30.0 Å². The van der Waals surface area contributed by atoms with Gasteiger partial charge in [0.05, 0.1) is 0 Å². The molecule has 2 rings (SSSR count). The molecular weight excluding hydrogens is 166 g/mol. The molecule has 1 aromatic carbocycles. The van der Waals surface area contributed by atoms with Gasteiger partial charge in [0.1, 0.15) is 5.75 Å². The number of benzene rings is 1. The van der Waals surface area contributed by atoms with Gasteiger partial charge in [-0.2, -0.15) is 0 Å². The van der Waals surface area contributed by atoms with E-state index < -0.39 is 0 Å². The molecule has 2 aromatic rings. The zero-order valence-corrected chi connectivity index (χ0v) is 7.37. The highest BCUT2D eigenvalue weighted by Crippen LogP contribution is 2.26. The van der Waals surface area contributed by atoms with Crippen molar-refractivity contribution in [1.82, 2.24) is 4.98 Å². The number of nitrogens with one attached hydrogen (secondary N) is 1. The molecule has 0 saturated carbocycles. The van der Waals surface area contributed by atoms with Gasteiger partial charge in [-0.05, 0) is 25.1 Å². The Morgan fingerprint density at radius 1 is 1.38 bits per heavy atom. The molecule has 0 fully saturated rings. The van der Waals surface area contributed by atoms with Gasteiger partial charge >= 0.3 is 0 Å². The maximum absolute atomic E-state index is 8.64. The summed E-state index contributed by atoms with van der Waals surface area (Å²) in [6.07, 6.45) is 1.89. The summed E-state index contributed by atoms with van der Waals surface area (Å²) < 4.78 is 5.06. The van der Waals surface area contributed by atoms with Crippen molar-refractivity contribution in [2.45, 2.75) is 6.92 Å². The maximum Gasteiger partial charge on any atom is 0.186 e. The third-order valence-corrected chi connectivity index (χ3v) is 2.17. The molecule has 68 valence electrons. The molecule has 0 spiro atoms. The van der Waals surface area contributed by atoms with E-state index in [9.17, 15) is 0 Å². The summed E-state index contributed by atoms with van der Waals surface area (Å²) in [5, 5.41) is 9.77. The fraction of sp³-hybridized carbons (Fsp3) is 0.200. The van der Waals surface area contributed by atoms with Crippen molar-refractivity contribution in [2.24, 2.45) is 0 Å². The predicted molar refractivity (Wildman–Crippen MR) is 50.7 cm³/mol. The van der Waals surface area contributed by atoms with Crippen LogP contribution in [0.2, 0.25) is 0 Å². The summed E-state index contributed by atoms with van der Waals surface area (Å²) in [6.45, 7) is 1.69. The lowest BCUT2D eigenvalue weighted by atomic mass is 10.1. The Morgan fingerprint density at radius 2 is 2.23 bits per heavy atom. The average molecular weight is 177 g/mol. The van der Waals surface area contributed by atoms with Gasteiger partial charge in [0.2, 0.25) is 0 Å². The van der Waals surface area contributed by atoms with E-state index in [4.69, 9.17) is 9.84 Å². The molecule has 3 heteroatoms. The zero-order valence-electron chi connectivity index (χ0n) is 7.37. The molecule has 0 bridgehead atoms. The van der Waals surface area contributed by atoms with Crippen LogP contribution in [-0.2, 0) is 0 Å². The molecule has 0 aliphatic heterocycles. The Labute approximate surface area is 76.0 Å². The highest BCUT2D eigenvalue weighted by molar-refractivity contribution is 5.84. The minimum Gasteiger partial charge on any atom is -0.467 e. The zero-order chi connectivity index (χ0) is 9.26. The molecule has 3 nitrogen and oxygen atoms in total. The fourth-order valence-corrected chi connectivity index (χ4v) is 1.49. The first-order valence-electron chi connectivity index (χ1n) is 4.13. The number of fused-ring (bicyclic) bond motifs is 1. The number of ether oxygens (including phenoxy) is 1. The quantitative estimate of drug-likeness (QED) is 0.687. The molecule has 0 amide bonds. The third-order valence-electron chi connectivity index (χ3n) is 2.17. The van der Waals surface area contributed by atoms with Crippen LogP contribution in [0.4, 0.5) is 0 Å². The van der Waals surface area contributed by atoms with Crippen molar-refractivity contribution in [1.29, 1.82) is 0 Å². The van der Waals surface area contributed by atoms with Crippen molar-refractivity contribution in [3.63, 3.8) is 0 Å². The van der Waals surface area contributed by atoms with Crippen molar-refractivity contribution < 1.29 is 9.84 Å². The lowest BCUT2D eigenvalue weighted by Gasteiger charge is -2.06. The van der Waals surface area contributed by atoms with Crippen LogP contribution in [0.3, 0.4) is 0 Å². The lowest BCUT2D eigenvalue weighted by molar-refractivity contribution is 0.0980. The van der Waals surface area contributed by atoms with E-state index in [1.54, 1.807) is 0 Å². The van der Waals surface area contributed by atoms with Crippen LogP contribution in [-0.4, -0.2) is 16.9 Å². The number of aliphatic hydroxyl groups excluding tert-OH is 1. The molecular formula is C10H11NO2. The van der Waals surface area contributed by atoms with Gasteiger partial charge in [-0.1, -0.05) is 0 Å². The second kappa shape index (κ2) is 3.11. The summed E-state index contributed by atoms with van der Waals surface area (Å²) in [5.74, 6) is 0.731. The highest BCUT2D eigenvalue weighted by atomic mass is 16.6. The van der Waals surface area contributed by atoms with Crippen molar-refractivity contribution in [2.75, 3.05) is 6.79 Å². The number of aromatic nitrogens is 1. The number of H-pyrrole nitrogens is 1. The first kappa shape index (κ1) is 8.13. The number of hydrogen-bond acceptors (Lipinski definition) is 2. The first-order valence-corrected chi connectivity index (χ1v) is 4.13. The van der Waals surface area contributed by atoms with E-state index in [0.29, 0.717) is 0 Å². The number of hydrogen-bond donors (Lipinski definition) is 2. The number of aliphatic hydroxyl groups is 1. The van der Waals surface area contributed by atoms with Gasteiger partial charge < -0.3 is 14.8 Å². The molecule has 0 radical (unpaired) electrons. The van der Waals surface area contributed by atoms with Gasteiger partial charge in [0.15, 0.2) is 6.79 Å². The average Bonchev–Trinajstić information content (AvgIpc) is 2.58.